The Kier molecular flexibility index (Phi) is 7.70. The van der Waals surface area contributed by atoms with Crippen LogP contribution in [0, 0.1) is 5.92 Å². The van der Waals surface area contributed by atoms with Gasteiger partial charge in [0.25, 0.3) is 0 Å². The van der Waals surface area contributed by atoms with Gasteiger partial charge in [0.2, 0.25) is 5.91 Å². The van der Waals surface area contributed by atoms with Crippen molar-refractivity contribution >= 4 is 17.7 Å². The smallest absolute Gasteiger partial charge is 0.221 e. The van der Waals surface area contributed by atoms with E-state index in [4.69, 9.17) is 0 Å². The summed E-state index contributed by atoms with van der Waals surface area (Å²) in [5.41, 5.74) is 1.25. The van der Waals surface area contributed by atoms with Crippen LogP contribution in [-0.4, -0.2) is 25.3 Å². The fourth-order valence-electron chi connectivity index (χ4n) is 1.82. The van der Waals surface area contributed by atoms with Crippen LogP contribution in [0.25, 0.3) is 0 Å². The first-order valence-electron chi connectivity index (χ1n) is 7.17. The number of carbonyl (C=O) groups excluding carboxylic acids is 1. The molecule has 0 spiro atoms. The molecule has 0 aliphatic rings. The van der Waals surface area contributed by atoms with Crippen molar-refractivity contribution in [1.29, 1.82) is 0 Å². The fraction of sp³-hybridized carbons (Fsp3) is 0.562. The molecule has 0 bridgehead atoms. The molecule has 0 aliphatic carbocycles. The first-order valence-corrected chi connectivity index (χ1v) is 8.39. The predicted molar refractivity (Wildman–Crippen MR) is 87.1 cm³/mol. The summed E-state index contributed by atoms with van der Waals surface area (Å²) in [6.45, 7) is 7.78. The fourth-order valence-corrected chi connectivity index (χ4v) is 2.23. The topological polar surface area (TPSA) is 41.1 Å². The molecule has 0 saturated heterocycles. The van der Waals surface area contributed by atoms with E-state index in [9.17, 15) is 4.79 Å². The zero-order valence-electron chi connectivity index (χ0n) is 12.9. The van der Waals surface area contributed by atoms with Crippen molar-refractivity contribution < 1.29 is 4.79 Å². The Bertz CT molecular complexity index is 403. The molecule has 3 nitrogen and oxygen atoms in total. The Morgan fingerprint density at radius 3 is 2.40 bits per heavy atom. The molecule has 4 heteroatoms. The van der Waals surface area contributed by atoms with Crippen LogP contribution < -0.4 is 10.6 Å². The molecule has 112 valence electrons. The molecule has 0 heterocycles. The third-order valence-corrected chi connectivity index (χ3v) is 3.87. The summed E-state index contributed by atoms with van der Waals surface area (Å²) in [5.74, 6) is 0.622. The molecular weight excluding hydrogens is 268 g/mol. The summed E-state index contributed by atoms with van der Waals surface area (Å²) >= 11 is 1.75. The number of benzene rings is 1. The van der Waals surface area contributed by atoms with Crippen molar-refractivity contribution in [2.45, 2.75) is 38.1 Å². The maximum Gasteiger partial charge on any atom is 0.221 e. The van der Waals surface area contributed by atoms with Crippen LogP contribution in [0.3, 0.4) is 0 Å². The Labute approximate surface area is 126 Å². The molecule has 0 saturated carbocycles. The molecule has 0 radical (unpaired) electrons. The second kappa shape index (κ2) is 9.03. The number of hydrogen-bond acceptors (Lipinski definition) is 3. The number of rotatable bonds is 8. The number of amides is 1. The minimum atomic E-state index is 0.121. The number of carbonyl (C=O) groups is 1. The summed E-state index contributed by atoms with van der Waals surface area (Å²) < 4.78 is 0. The number of thioether (sulfide) groups is 1. The monoisotopic (exact) mass is 294 g/mol. The lowest BCUT2D eigenvalue weighted by atomic mass is 10.1. The zero-order valence-corrected chi connectivity index (χ0v) is 13.7. The molecular formula is C16H26N2OS. The highest BCUT2D eigenvalue weighted by atomic mass is 32.2. The van der Waals surface area contributed by atoms with Crippen LogP contribution in [-0.2, 0) is 4.79 Å². The minimum absolute atomic E-state index is 0.121. The molecule has 2 N–H and O–H groups in total. The van der Waals surface area contributed by atoms with Gasteiger partial charge in [-0.05, 0) is 36.8 Å². The third kappa shape index (κ3) is 6.44. The summed E-state index contributed by atoms with van der Waals surface area (Å²) in [5, 5.41) is 6.32. The lowest BCUT2D eigenvalue weighted by molar-refractivity contribution is -0.121. The van der Waals surface area contributed by atoms with Crippen molar-refractivity contribution in [1.82, 2.24) is 10.6 Å². The predicted octanol–water partition coefficient (Wildman–Crippen LogP) is 3.22. The molecule has 1 unspecified atom stereocenters. The first kappa shape index (κ1) is 17.1. The summed E-state index contributed by atoms with van der Waals surface area (Å²) in [6.07, 6.45) is 2.60. The average Bonchev–Trinajstić information content (AvgIpc) is 2.45. The Balaban J connectivity index is 2.28. The van der Waals surface area contributed by atoms with Gasteiger partial charge in [-0.3, -0.25) is 4.79 Å². The Hall–Kier alpha value is -1.00. The van der Waals surface area contributed by atoms with Crippen LogP contribution in [0.4, 0.5) is 0 Å². The van der Waals surface area contributed by atoms with E-state index in [0.29, 0.717) is 18.9 Å². The van der Waals surface area contributed by atoms with E-state index >= 15 is 0 Å². The van der Waals surface area contributed by atoms with Crippen LogP contribution >= 0.6 is 11.8 Å². The lowest BCUT2D eigenvalue weighted by Crippen LogP contribution is -2.31. The zero-order chi connectivity index (χ0) is 15.0. The standard InChI is InChI=1S/C16H26N2OS/c1-12(2)11-18-16(19)9-10-17-13(3)14-5-7-15(20-4)8-6-14/h5-8,12-13,17H,9-11H2,1-4H3,(H,18,19). The highest BCUT2D eigenvalue weighted by Gasteiger charge is 2.06. The highest BCUT2D eigenvalue weighted by molar-refractivity contribution is 7.98. The van der Waals surface area contributed by atoms with E-state index in [0.717, 1.165) is 6.54 Å². The SMILES string of the molecule is CSc1ccc(C(C)NCCC(=O)NCC(C)C)cc1. The molecule has 1 atom stereocenters. The van der Waals surface area contributed by atoms with Gasteiger partial charge in [-0.2, -0.15) is 0 Å². The van der Waals surface area contributed by atoms with E-state index in [2.05, 4.69) is 61.9 Å². The number of hydrogen-bond donors (Lipinski definition) is 2. The quantitative estimate of drug-likeness (QED) is 0.723. The van der Waals surface area contributed by atoms with Crippen LogP contribution in [0.2, 0.25) is 0 Å². The molecule has 1 rings (SSSR count). The van der Waals surface area contributed by atoms with Crippen molar-refractivity contribution in [2.75, 3.05) is 19.3 Å². The molecule has 0 aromatic heterocycles. The summed E-state index contributed by atoms with van der Waals surface area (Å²) in [7, 11) is 0. The van der Waals surface area contributed by atoms with E-state index in [1.54, 1.807) is 11.8 Å². The molecule has 1 amide bonds. The number of nitrogens with one attached hydrogen (secondary N) is 2. The van der Waals surface area contributed by atoms with Gasteiger partial charge in [-0.25, -0.2) is 0 Å². The van der Waals surface area contributed by atoms with E-state index < -0.39 is 0 Å². The van der Waals surface area contributed by atoms with Crippen LogP contribution in [0.1, 0.15) is 38.8 Å². The minimum Gasteiger partial charge on any atom is -0.356 e. The van der Waals surface area contributed by atoms with Gasteiger partial charge in [-0.15, -0.1) is 11.8 Å². The third-order valence-electron chi connectivity index (χ3n) is 3.13. The van der Waals surface area contributed by atoms with Gasteiger partial charge in [0.15, 0.2) is 0 Å². The normalized spacial score (nSPS) is 12.4. The second-order valence-electron chi connectivity index (χ2n) is 5.40. The highest BCUT2D eigenvalue weighted by Crippen LogP contribution is 2.18. The molecule has 0 fully saturated rings. The van der Waals surface area contributed by atoms with Crippen molar-refractivity contribution in [3.05, 3.63) is 29.8 Å². The van der Waals surface area contributed by atoms with E-state index in [-0.39, 0.29) is 11.9 Å². The van der Waals surface area contributed by atoms with Gasteiger partial charge in [0.05, 0.1) is 0 Å². The molecule has 0 aliphatic heterocycles. The van der Waals surface area contributed by atoms with Crippen molar-refractivity contribution in [2.24, 2.45) is 5.92 Å². The van der Waals surface area contributed by atoms with Crippen LogP contribution in [0.5, 0.6) is 0 Å². The Morgan fingerprint density at radius 1 is 1.20 bits per heavy atom. The van der Waals surface area contributed by atoms with E-state index in [1.807, 2.05) is 0 Å². The van der Waals surface area contributed by atoms with Crippen molar-refractivity contribution in [3.8, 4) is 0 Å². The molecule has 20 heavy (non-hydrogen) atoms. The second-order valence-corrected chi connectivity index (χ2v) is 6.28. The van der Waals surface area contributed by atoms with Crippen molar-refractivity contribution in [3.63, 3.8) is 0 Å². The van der Waals surface area contributed by atoms with E-state index in [1.165, 1.54) is 10.5 Å². The van der Waals surface area contributed by atoms with Gasteiger partial charge >= 0.3 is 0 Å². The lowest BCUT2D eigenvalue weighted by Gasteiger charge is -2.15. The first-order chi connectivity index (χ1) is 9.52. The molecule has 1 aromatic carbocycles. The summed E-state index contributed by atoms with van der Waals surface area (Å²) in [6, 6.07) is 8.81. The van der Waals surface area contributed by atoms with Gasteiger partial charge in [0, 0.05) is 30.4 Å². The summed E-state index contributed by atoms with van der Waals surface area (Å²) in [4.78, 5) is 12.9. The van der Waals surface area contributed by atoms with Crippen LogP contribution in [0.15, 0.2) is 29.2 Å². The maximum atomic E-state index is 11.6. The largest absolute Gasteiger partial charge is 0.356 e. The van der Waals surface area contributed by atoms with Gasteiger partial charge < -0.3 is 10.6 Å². The molecule has 1 aromatic rings. The van der Waals surface area contributed by atoms with Gasteiger partial charge in [-0.1, -0.05) is 26.0 Å². The maximum absolute atomic E-state index is 11.6. The average molecular weight is 294 g/mol. The van der Waals surface area contributed by atoms with Gasteiger partial charge in [0.1, 0.15) is 0 Å². The Morgan fingerprint density at radius 2 is 1.85 bits per heavy atom.